The van der Waals surface area contributed by atoms with Crippen molar-refractivity contribution >= 4 is 23.0 Å². The number of carbonyl (C=O) groups is 2. The third kappa shape index (κ3) is 3.64. The highest BCUT2D eigenvalue weighted by Crippen LogP contribution is 2.48. The topological polar surface area (TPSA) is 110 Å². The fourth-order valence-electron chi connectivity index (χ4n) is 4.97. The molecular formula is C23H33N5O4. The van der Waals surface area contributed by atoms with Gasteiger partial charge < -0.3 is 35.3 Å². The van der Waals surface area contributed by atoms with Gasteiger partial charge in [0.25, 0.3) is 0 Å². The van der Waals surface area contributed by atoms with Gasteiger partial charge in [-0.15, -0.1) is 0 Å². The lowest BCUT2D eigenvalue weighted by molar-refractivity contribution is 0.0302. The summed E-state index contributed by atoms with van der Waals surface area (Å²) in [6.07, 6.45) is 0. The van der Waals surface area contributed by atoms with E-state index >= 15 is 0 Å². The standard InChI is InChI=1S/C23H33N5O4/c1-13(2)24-21(30)27-10-23(11-27)12-28(22(31)25-14(3)4)18(9-29)20-19(23)16-7-6-15(32-5)8-17(16)26-20/h6-8,13-14,18,26,29H,9-12H2,1-5H3,(H,24,30)(H,25,31)/t18-/m1/s1. The number of aliphatic hydroxyl groups excluding tert-OH is 1. The monoisotopic (exact) mass is 443 g/mol. The second kappa shape index (κ2) is 8.20. The van der Waals surface area contributed by atoms with Crippen LogP contribution in [0.2, 0.25) is 0 Å². The molecule has 2 aromatic rings. The zero-order chi connectivity index (χ0) is 23.2. The molecule has 1 spiro atoms. The lowest BCUT2D eigenvalue weighted by Crippen LogP contribution is -2.70. The molecule has 1 saturated heterocycles. The maximum Gasteiger partial charge on any atom is 0.318 e. The number of aliphatic hydroxyl groups is 1. The van der Waals surface area contributed by atoms with Crippen molar-refractivity contribution in [1.82, 2.24) is 25.4 Å². The Morgan fingerprint density at radius 3 is 2.41 bits per heavy atom. The van der Waals surface area contributed by atoms with Gasteiger partial charge in [-0.05, 0) is 45.4 Å². The molecule has 0 saturated carbocycles. The first-order chi connectivity index (χ1) is 15.2. The molecule has 32 heavy (non-hydrogen) atoms. The quantitative estimate of drug-likeness (QED) is 0.581. The fourth-order valence-corrected chi connectivity index (χ4v) is 4.97. The van der Waals surface area contributed by atoms with Crippen molar-refractivity contribution in [1.29, 1.82) is 0 Å². The molecule has 4 amide bonds. The average Bonchev–Trinajstić information content (AvgIpc) is 3.08. The molecule has 3 heterocycles. The summed E-state index contributed by atoms with van der Waals surface area (Å²) in [6.45, 7) is 8.92. The Labute approximate surface area is 188 Å². The van der Waals surface area contributed by atoms with Crippen LogP contribution in [0.5, 0.6) is 5.75 Å². The van der Waals surface area contributed by atoms with Crippen LogP contribution in [0.1, 0.15) is 45.0 Å². The van der Waals surface area contributed by atoms with Crippen LogP contribution < -0.4 is 15.4 Å². The Hall–Kier alpha value is -2.94. The van der Waals surface area contributed by atoms with Gasteiger partial charge in [0.05, 0.1) is 25.2 Å². The summed E-state index contributed by atoms with van der Waals surface area (Å²) >= 11 is 0. The number of nitrogens with zero attached hydrogens (tertiary/aromatic N) is 2. The maximum atomic E-state index is 13.1. The van der Waals surface area contributed by atoms with E-state index in [1.807, 2.05) is 45.9 Å². The Bertz CT molecular complexity index is 1020. The third-order valence-electron chi connectivity index (χ3n) is 6.28. The summed E-state index contributed by atoms with van der Waals surface area (Å²) in [6, 6.07) is 5.07. The highest BCUT2D eigenvalue weighted by molar-refractivity contribution is 5.89. The molecular weight excluding hydrogens is 410 g/mol. The van der Waals surface area contributed by atoms with Crippen LogP contribution in [0.25, 0.3) is 10.9 Å². The molecule has 0 unspecified atom stereocenters. The molecule has 2 aliphatic rings. The second-order valence-corrected chi connectivity index (χ2v) is 9.50. The van der Waals surface area contributed by atoms with Crippen LogP contribution in [0, 0.1) is 0 Å². The molecule has 1 aromatic carbocycles. The summed E-state index contributed by atoms with van der Waals surface area (Å²) in [7, 11) is 1.62. The number of amides is 4. The first kappa shape index (κ1) is 22.3. The number of nitrogens with one attached hydrogen (secondary N) is 3. The first-order valence-corrected chi connectivity index (χ1v) is 11.1. The van der Waals surface area contributed by atoms with Gasteiger partial charge in [-0.25, -0.2) is 9.59 Å². The molecule has 4 rings (SSSR count). The number of ether oxygens (including phenoxy) is 1. The van der Waals surface area contributed by atoms with Crippen molar-refractivity contribution in [2.45, 2.75) is 51.2 Å². The van der Waals surface area contributed by atoms with Gasteiger partial charge in [0.2, 0.25) is 0 Å². The van der Waals surface area contributed by atoms with Crippen molar-refractivity contribution in [3.05, 3.63) is 29.5 Å². The van der Waals surface area contributed by atoms with Crippen molar-refractivity contribution in [2.24, 2.45) is 0 Å². The molecule has 1 fully saturated rings. The average molecular weight is 444 g/mol. The molecule has 2 aliphatic heterocycles. The Kier molecular flexibility index (Phi) is 5.70. The molecule has 9 heteroatoms. The van der Waals surface area contributed by atoms with E-state index in [0.29, 0.717) is 19.6 Å². The number of fused-ring (bicyclic) bond motifs is 4. The highest BCUT2D eigenvalue weighted by Gasteiger charge is 2.55. The van der Waals surface area contributed by atoms with Gasteiger partial charge in [-0.1, -0.05) is 0 Å². The fraction of sp³-hybridized carbons (Fsp3) is 0.565. The summed E-state index contributed by atoms with van der Waals surface area (Å²) in [5.74, 6) is 0.728. The number of carbonyl (C=O) groups excluding carboxylic acids is 2. The SMILES string of the molecule is COc1ccc2c3c([nH]c2c1)[C@@H](CO)N(C(=O)NC(C)C)CC31CN(C(=O)NC(C)C)C1. The number of urea groups is 2. The smallest absolute Gasteiger partial charge is 0.318 e. The number of H-pyrrole nitrogens is 1. The summed E-state index contributed by atoms with van der Waals surface area (Å²) in [4.78, 5) is 32.6. The zero-order valence-electron chi connectivity index (χ0n) is 19.4. The van der Waals surface area contributed by atoms with Gasteiger partial charge in [0.1, 0.15) is 5.75 Å². The minimum absolute atomic E-state index is 0.0270. The van der Waals surface area contributed by atoms with E-state index in [1.54, 1.807) is 16.9 Å². The van der Waals surface area contributed by atoms with E-state index in [-0.39, 0.29) is 30.8 Å². The molecule has 9 nitrogen and oxygen atoms in total. The Morgan fingerprint density at radius 2 is 1.81 bits per heavy atom. The van der Waals surface area contributed by atoms with Gasteiger partial charge in [0.15, 0.2) is 0 Å². The molecule has 1 aromatic heterocycles. The Morgan fingerprint density at radius 1 is 1.16 bits per heavy atom. The summed E-state index contributed by atoms with van der Waals surface area (Å²) < 4.78 is 5.38. The molecule has 0 aliphatic carbocycles. The van der Waals surface area contributed by atoms with Gasteiger partial charge >= 0.3 is 12.1 Å². The number of aromatic nitrogens is 1. The largest absolute Gasteiger partial charge is 0.497 e. The number of hydrogen-bond acceptors (Lipinski definition) is 4. The van der Waals surface area contributed by atoms with Crippen LogP contribution in [-0.4, -0.2) is 77.4 Å². The lowest BCUT2D eigenvalue weighted by atomic mass is 9.69. The number of aromatic amines is 1. The van der Waals surface area contributed by atoms with Crippen molar-refractivity contribution in [3.8, 4) is 5.75 Å². The van der Waals surface area contributed by atoms with E-state index in [2.05, 4.69) is 15.6 Å². The highest BCUT2D eigenvalue weighted by atomic mass is 16.5. The molecule has 0 bridgehead atoms. The minimum atomic E-state index is -0.494. The second-order valence-electron chi connectivity index (χ2n) is 9.50. The van der Waals surface area contributed by atoms with Crippen LogP contribution in [-0.2, 0) is 5.41 Å². The van der Waals surface area contributed by atoms with Gasteiger partial charge in [0, 0.05) is 54.4 Å². The number of rotatable bonds is 4. The maximum absolute atomic E-state index is 13.1. The molecule has 4 N–H and O–H groups in total. The molecule has 1 atom stereocenters. The van der Waals surface area contributed by atoms with Crippen molar-refractivity contribution in [2.75, 3.05) is 33.4 Å². The summed E-state index contributed by atoms with van der Waals surface area (Å²) in [5.41, 5.74) is 2.39. The summed E-state index contributed by atoms with van der Waals surface area (Å²) in [5, 5.41) is 17.2. The van der Waals surface area contributed by atoms with Crippen LogP contribution in [0.3, 0.4) is 0 Å². The zero-order valence-corrected chi connectivity index (χ0v) is 19.4. The number of likely N-dealkylation sites (tertiary alicyclic amines) is 1. The molecule has 0 radical (unpaired) electrons. The Balaban J connectivity index is 1.78. The molecule has 174 valence electrons. The van der Waals surface area contributed by atoms with Gasteiger partial charge in [-0.2, -0.15) is 0 Å². The van der Waals surface area contributed by atoms with Crippen LogP contribution in [0.4, 0.5) is 9.59 Å². The third-order valence-corrected chi connectivity index (χ3v) is 6.28. The van der Waals surface area contributed by atoms with E-state index in [4.69, 9.17) is 4.74 Å². The van der Waals surface area contributed by atoms with E-state index in [9.17, 15) is 14.7 Å². The van der Waals surface area contributed by atoms with E-state index in [0.717, 1.165) is 27.9 Å². The van der Waals surface area contributed by atoms with Crippen LogP contribution >= 0.6 is 0 Å². The van der Waals surface area contributed by atoms with E-state index < -0.39 is 11.5 Å². The number of methoxy groups -OCH3 is 1. The van der Waals surface area contributed by atoms with Crippen molar-refractivity contribution < 1.29 is 19.4 Å². The first-order valence-electron chi connectivity index (χ1n) is 11.1. The normalized spacial score (nSPS) is 19.3. The van der Waals surface area contributed by atoms with E-state index in [1.165, 1.54) is 0 Å². The van der Waals surface area contributed by atoms with Crippen LogP contribution in [0.15, 0.2) is 18.2 Å². The minimum Gasteiger partial charge on any atom is -0.497 e. The van der Waals surface area contributed by atoms with Gasteiger partial charge in [-0.3, -0.25) is 0 Å². The predicted octanol–water partition coefficient (Wildman–Crippen LogP) is 2.31. The van der Waals surface area contributed by atoms with Crippen molar-refractivity contribution in [3.63, 3.8) is 0 Å². The number of benzene rings is 1. The predicted molar refractivity (Wildman–Crippen MR) is 122 cm³/mol. The number of hydrogen-bond donors (Lipinski definition) is 4. The lowest BCUT2D eigenvalue weighted by Gasteiger charge is -2.56.